The van der Waals surface area contributed by atoms with Crippen LogP contribution in [0.5, 0.6) is 0 Å². The number of rotatable bonds is 8. The highest BCUT2D eigenvalue weighted by molar-refractivity contribution is 7.73. The molecule has 1 aliphatic carbocycles. The lowest BCUT2D eigenvalue weighted by molar-refractivity contribution is 0.344. The lowest BCUT2D eigenvalue weighted by Gasteiger charge is -2.32. The third-order valence-electron chi connectivity index (χ3n) is 6.14. The van der Waals surface area contributed by atoms with Crippen LogP contribution in [0.3, 0.4) is 0 Å². The van der Waals surface area contributed by atoms with E-state index in [0.717, 1.165) is 20.2 Å². The maximum atomic E-state index is 2.34. The monoisotopic (exact) mass is 418 g/mol. The van der Waals surface area contributed by atoms with Crippen LogP contribution in [-0.2, 0) is 0 Å². The zero-order valence-electron chi connectivity index (χ0n) is 17.2. The fraction of sp³-hybridized carbons (Fsp3) is 0.333. The van der Waals surface area contributed by atoms with Gasteiger partial charge < -0.3 is 0 Å². The predicted octanol–water partition coefficient (Wildman–Crippen LogP) is 6.46. The summed E-state index contributed by atoms with van der Waals surface area (Å²) in [5, 5.41) is 4.60. The zero-order chi connectivity index (χ0) is 19.7. The molecule has 0 N–H and O–H groups in total. The topological polar surface area (TPSA) is 0 Å². The van der Waals surface area contributed by atoms with Gasteiger partial charge in [-0.25, -0.2) is 0 Å². The second-order valence-corrected chi connectivity index (χ2v) is 12.1. The Hall–Kier alpha value is -1.48. The summed E-state index contributed by atoms with van der Waals surface area (Å²) in [7, 11) is 0.677. The summed E-state index contributed by atoms with van der Waals surface area (Å²) < 4.78 is 0. The molecule has 2 atom stereocenters. The molecule has 0 radical (unpaired) electrons. The first-order valence-electron chi connectivity index (χ1n) is 11.1. The Balaban J connectivity index is 1.53. The Bertz CT molecular complexity index is 787. The smallest absolute Gasteiger partial charge is 0.0164 e. The molecule has 1 fully saturated rings. The fourth-order valence-electron chi connectivity index (χ4n) is 4.60. The molecule has 0 saturated heterocycles. The minimum Gasteiger partial charge on any atom is -0.0869 e. The first kappa shape index (κ1) is 20.8. The molecule has 0 nitrogen and oxygen atoms in total. The van der Waals surface area contributed by atoms with Crippen LogP contribution < -0.4 is 15.9 Å². The van der Waals surface area contributed by atoms with E-state index in [0.29, 0.717) is 0 Å². The van der Waals surface area contributed by atoms with Gasteiger partial charge in [-0.05, 0) is 60.8 Å². The number of hydrogen-bond acceptors (Lipinski definition) is 0. The van der Waals surface area contributed by atoms with Crippen molar-refractivity contribution < 1.29 is 0 Å². The van der Waals surface area contributed by atoms with E-state index in [4.69, 9.17) is 0 Å². The minimum absolute atomic E-state index is 0.275. The van der Waals surface area contributed by atoms with E-state index in [1.807, 2.05) is 0 Å². The van der Waals surface area contributed by atoms with Crippen molar-refractivity contribution in [3.8, 4) is 0 Å². The van der Waals surface area contributed by atoms with Gasteiger partial charge in [0.05, 0.1) is 0 Å². The molecule has 29 heavy (non-hydrogen) atoms. The van der Waals surface area contributed by atoms with Gasteiger partial charge in [0, 0.05) is 0 Å². The van der Waals surface area contributed by atoms with Crippen LogP contribution >= 0.6 is 16.5 Å². The molecular weight excluding hydrogens is 386 g/mol. The van der Waals surface area contributed by atoms with Gasteiger partial charge in [0.1, 0.15) is 0 Å². The van der Waals surface area contributed by atoms with Gasteiger partial charge in [0.25, 0.3) is 0 Å². The van der Waals surface area contributed by atoms with Crippen molar-refractivity contribution in [2.45, 2.75) is 44.2 Å². The average Bonchev–Trinajstić information content (AvgIpc) is 2.81. The molecule has 0 aromatic heterocycles. The van der Waals surface area contributed by atoms with Gasteiger partial charge in [0.15, 0.2) is 0 Å². The first-order valence-corrected chi connectivity index (χ1v) is 13.7. The van der Waals surface area contributed by atoms with Crippen LogP contribution in [0.4, 0.5) is 0 Å². The van der Waals surface area contributed by atoms with Gasteiger partial charge in [-0.1, -0.05) is 119 Å². The largest absolute Gasteiger partial charge is 0.0869 e. The normalized spacial score (nSPS) is 16.4. The summed E-state index contributed by atoms with van der Waals surface area (Å²) in [6, 6.07) is 33.7. The van der Waals surface area contributed by atoms with Crippen LogP contribution in [0, 0.1) is 5.92 Å². The third kappa shape index (κ3) is 6.01. The molecule has 2 unspecified atom stereocenters. The molecule has 1 aliphatic rings. The molecule has 0 heterocycles. The summed E-state index contributed by atoms with van der Waals surface area (Å²) in [5.74, 6) is 0.922. The third-order valence-corrected chi connectivity index (χ3v) is 10.5. The maximum Gasteiger partial charge on any atom is -0.0164 e. The molecule has 0 spiro atoms. The highest BCUT2D eigenvalue weighted by Crippen LogP contribution is 2.42. The van der Waals surface area contributed by atoms with E-state index in [9.17, 15) is 0 Å². The Labute approximate surface area is 179 Å². The molecule has 2 heteroatoms. The van der Waals surface area contributed by atoms with Crippen molar-refractivity contribution in [3.05, 3.63) is 91.0 Å². The molecule has 3 aromatic carbocycles. The summed E-state index contributed by atoms with van der Waals surface area (Å²) >= 11 is 0. The lowest BCUT2D eigenvalue weighted by Crippen LogP contribution is -2.24. The summed E-state index contributed by atoms with van der Waals surface area (Å²) in [6.07, 6.45) is 9.87. The van der Waals surface area contributed by atoms with Gasteiger partial charge in [-0.2, -0.15) is 0 Å². The van der Waals surface area contributed by atoms with Crippen molar-refractivity contribution in [2.24, 2.45) is 5.92 Å². The molecular formula is C27H32P2. The fourth-order valence-corrected chi connectivity index (χ4v) is 8.93. The SMILES string of the molecule is c1ccc(PC(CCP(c2ccccc2)c2ccccc2)C2CCCCC2)cc1. The minimum atomic E-state index is -0.275. The standard InChI is InChI=1S/C27H32P2/c1-5-13-23(14-6-1)27(28-24-15-7-2-8-16-24)21-22-29(25-17-9-3-10-18-25)26-19-11-4-12-20-26/h2-4,7-12,15-20,23,27-28H,1,5-6,13-14,21-22H2. The summed E-state index contributed by atoms with van der Waals surface area (Å²) in [4.78, 5) is 0. The van der Waals surface area contributed by atoms with Crippen molar-refractivity contribution in [1.82, 2.24) is 0 Å². The Morgan fingerprint density at radius 1 is 0.690 bits per heavy atom. The van der Waals surface area contributed by atoms with E-state index < -0.39 is 0 Å². The van der Waals surface area contributed by atoms with Crippen molar-refractivity contribution >= 4 is 32.4 Å². The van der Waals surface area contributed by atoms with Crippen LogP contribution in [0.2, 0.25) is 0 Å². The first-order chi connectivity index (χ1) is 14.4. The Kier molecular flexibility index (Phi) is 7.92. The molecule has 0 bridgehead atoms. The second-order valence-electron chi connectivity index (χ2n) is 8.13. The van der Waals surface area contributed by atoms with Crippen LogP contribution in [0.25, 0.3) is 0 Å². The number of benzene rings is 3. The molecule has 4 rings (SSSR count). The van der Waals surface area contributed by atoms with E-state index in [-0.39, 0.29) is 7.92 Å². The van der Waals surface area contributed by atoms with Gasteiger partial charge in [-0.3, -0.25) is 0 Å². The molecule has 1 saturated carbocycles. The van der Waals surface area contributed by atoms with E-state index in [2.05, 4.69) is 91.0 Å². The zero-order valence-corrected chi connectivity index (χ0v) is 19.1. The van der Waals surface area contributed by atoms with Crippen LogP contribution in [0.1, 0.15) is 38.5 Å². The molecule has 0 aliphatic heterocycles. The molecule has 150 valence electrons. The second kappa shape index (κ2) is 11.1. The summed E-state index contributed by atoms with van der Waals surface area (Å²) in [5.41, 5.74) is 0.843. The quantitative estimate of drug-likeness (QED) is 0.368. The van der Waals surface area contributed by atoms with Crippen LogP contribution in [0.15, 0.2) is 91.0 Å². The molecule has 0 amide bonds. The van der Waals surface area contributed by atoms with Crippen molar-refractivity contribution in [3.63, 3.8) is 0 Å². The van der Waals surface area contributed by atoms with Crippen molar-refractivity contribution in [2.75, 3.05) is 6.16 Å². The Morgan fingerprint density at radius 3 is 1.76 bits per heavy atom. The van der Waals surface area contributed by atoms with Gasteiger partial charge in [0.2, 0.25) is 0 Å². The van der Waals surface area contributed by atoms with Crippen molar-refractivity contribution in [1.29, 1.82) is 0 Å². The van der Waals surface area contributed by atoms with E-state index >= 15 is 0 Å². The van der Waals surface area contributed by atoms with Gasteiger partial charge >= 0.3 is 0 Å². The predicted molar refractivity (Wildman–Crippen MR) is 133 cm³/mol. The Morgan fingerprint density at radius 2 is 1.21 bits per heavy atom. The highest BCUT2D eigenvalue weighted by Gasteiger charge is 2.25. The summed E-state index contributed by atoms with van der Waals surface area (Å²) in [6.45, 7) is 0. The van der Waals surface area contributed by atoms with E-state index in [1.165, 1.54) is 55.3 Å². The number of hydrogen-bond donors (Lipinski definition) is 0. The maximum absolute atomic E-state index is 2.34. The van der Waals surface area contributed by atoms with Crippen LogP contribution in [-0.4, -0.2) is 11.8 Å². The highest BCUT2D eigenvalue weighted by atomic mass is 31.1. The van der Waals surface area contributed by atoms with E-state index in [1.54, 1.807) is 5.30 Å². The average molecular weight is 419 g/mol. The lowest BCUT2D eigenvalue weighted by atomic mass is 9.86. The molecule has 3 aromatic rings. The van der Waals surface area contributed by atoms with Gasteiger partial charge in [-0.15, -0.1) is 0 Å².